The summed E-state index contributed by atoms with van der Waals surface area (Å²) in [4.78, 5) is 18.8. The van der Waals surface area contributed by atoms with E-state index in [9.17, 15) is 4.79 Å². The molecule has 0 bridgehead atoms. The Kier molecular flexibility index (Phi) is 7.89. The van der Waals surface area contributed by atoms with Crippen molar-refractivity contribution in [2.24, 2.45) is 18.0 Å². The molecule has 2 unspecified atom stereocenters. The second-order valence-electron chi connectivity index (χ2n) is 8.68. The van der Waals surface area contributed by atoms with Crippen LogP contribution in [0.15, 0.2) is 17.4 Å². The van der Waals surface area contributed by atoms with Crippen molar-refractivity contribution in [3.8, 4) is 0 Å². The van der Waals surface area contributed by atoms with E-state index >= 15 is 0 Å². The average molecular weight is 409 g/mol. The van der Waals surface area contributed by atoms with Gasteiger partial charge in [-0.15, -0.1) is 0 Å². The van der Waals surface area contributed by atoms with Crippen LogP contribution in [-0.2, 0) is 16.5 Å². The van der Waals surface area contributed by atoms with E-state index in [4.69, 9.17) is 9.47 Å². The molecule has 1 aliphatic rings. The van der Waals surface area contributed by atoms with Crippen molar-refractivity contribution in [2.45, 2.75) is 52.4 Å². The number of carbonyl (C=O) groups is 1. The predicted octanol–water partition coefficient (Wildman–Crippen LogP) is 1.92. The summed E-state index contributed by atoms with van der Waals surface area (Å²) in [6.45, 7) is 12.3. The summed E-state index contributed by atoms with van der Waals surface area (Å²) in [5.41, 5.74) is 0.531. The third-order valence-electron chi connectivity index (χ3n) is 4.66. The molecule has 1 saturated heterocycles. The van der Waals surface area contributed by atoms with Gasteiger partial charge in [-0.2, -0.15) is 5.10 Å². The van der Waals surface area contributed by atoms with Gasteiger partial charge in [-0.1, -0.05) is 13.8 Å². The fraction of sp³-hybridized carbons (Fsp3) is 0.750. The number of aryl methyl sites for hydroxylation is 1. The third-order valence-corrected chi connectivity index (χ3v) is 4.66. The minimum absolute atomic E-state index is 0.0446. The van der Waals surface area contributed by atoms with Crippen LogP contribution in [0.1, 0.15) is 46.3 Å². The minimum Gasteiger partial charge on any atom is -0.444 e. The highest BCUT2D eigenvalue weighted by Gasteiger charge is 2.26. The highest BCUT2D eigenvalue weighted by molar-refractivity contribution is 5.80. The van der Waals surface area contributed by atoms with Crippen molar-refractivity contribution >= 4 is 12.1 Å². The molecule has 2 heterocycles. The van der Waals surface area contributed by atoms with Gasteiger partial charge < -0.3 is 25.0 Å². The highest BCUT2D eigenvalue weighted by Crippen LogP contribution is 2.21. The Balaban J connectivity index is 1.94. The molecule has 0 aliphatic carbocycles. The SMILES string of the molecule is CN=C(NCC(NC(=O)OC(C)(C)C)C(C)C)N1CCOC(c2cnn(C)c2)C1. The maximum Gasteiger partial charge on any atom is 0.407 e. The van der Waals surface area contributed by atoms with Gasteiger partial charge in [0.2, 0.25) is 0 Å². The van der Waals surface area contributed by atoms with Crippen LogP contribution in [0, 0.1) is 5.92 Å². The zero-order valence-corrected chi connectivity index (χ0v) is 18.7. The van der Waals surface area contributed by atoms with Gasteiger partial charge in [-0.3, -0.25) is 9.67 Å². The number of guanidine groups is 1. The number of rotatable bonds is 5. The fourth-order valence-corrected chi connectivity index (χ4v) is 3.10. The third kappa shape index (κ3) is 7.23. The molecule has 0 spiro atoms. The Morgan fingerprint density at radius 2 is 2.17 bits per heavy atom. The first-order chi connectivity index (χ1) is 13.6. The summed E-state index contributed by atoms with van der Waals surface area (Å²) < 4.78 is 13.1. The molecule has 2 rings (SSSR count). The summed E-state index contributed by atoms with van der Waals surface area (Å²) in [5.74, 6) is 1.03. The molecular weight excluding hydrogens is 372 g/mol. The van der Waals surface area contributed by atoms with Gasteiger partial charge in [-0.05, 0) is 26.7 Å². The molecular formula is C20H36N6O3. The van der Waals surface area contributed by atoms with Gasteiger partial charge in [0.1, 0.15) is 11.7 Å². The zero-order valence-electron chi connectivity index (χ0n) is 18.7. The van der Waals surface area contributed by atoms with Crippen LogP contribution < -0.4 is 10.6 Å². The molecule has 29 heavy (non-hydrogen) atoms. The monoisotopic (exact) mass is 408 g/mol. The van der Waals surface area contributed by atoms with E-state index in [1.54, 1.807) is 11.7 Å². The van der Waals surface area contributed by atoms with E-state index in [0.717, 1.165) is 18.1 Å². The first-order valence-electron chi connectivity index (χ1n) is 10.1. The predicted molar refractivity (Wildman–Crippen MR) is 113 cm³/mol. The summed E-state index contributed by atoms with van der Waals surface area (Å²) in [6.07, 6.45) is 3.36. The maximum atomic E-state index is 12.2. The van der Waals surface area contributed by atoms with E-state index in [1.165, 1.54) is 0 Å². The number of ether oxygens (including phenoxy) is 2. The number of hydrogen-bond acceptors (Lipinski definition) is 5. The largest absolute Gasteiger partial charge is 0.444 e. The molecule has 9 nitrogen and oxygen atoms in total. The topological polar surface area (TPSA) is 93.0 Å². The lowest BCUT2D eigenvalue weighted by atomic mass is 10.0. The number of nitrogens with zero attached hydrogens (tertiary/aromatic N) is 4. The zero-order chi connectivity index (χ0) is 21.6. The van der Waals surface area contributed by atoms with Crippen molar-refractivity contribution in [1.29, 1.82) is 0 Å². The molecule has 2 N–H and O–H groups in total. The van der Waals surface area contributed by atoms with Gasteiger partial charge in [0, 0.05) is 38.9 Å². The molecule has 1 amide bonds. The first kappa shape index (κ1) is 23.0. The molecule has 9 heteroatoms. The van der Waals surface area contributed by atoms with Crippen molar-refractivity contribution in [2.75, 3.05) is 33.3 Å². The Bertz CT molecular complexity index is 695. The highest BCUT2D eigenvalue weighted by atomic mass is 16.6. The van der Waals surface area contributed by atoms with Gasteiger partial charge in [0.15, 0.2) is 5.96 Å². The van der Waals surface area contributed by atoms with Crippen LogP contribution in [-0.4, -0.2) is 71.7 Å². The van der Waals surface area contributed by atoms with E-state index in [2.05, 4.69) is 39.5 Å². The van der Waals surface area contributed by atoms with Crippen LogP contribution in [0.25, 0.3) is 0 Å². The summed E-state index contributed by atoms with van der Waals surface area (Å²) >= 11 is 0. The normalized spacial score (nSPS) is 19.2. The Labute approximate surface area is 173 Å². The van der Waals surface area contributed by atoms with Gasteiger partial charge in [-0.25, -0.2) is 4.79 Å². The molecule has 0 radical (unpaired) electrons. The van der Waals surface area contributed by atoms with Gasteiger partial charge >= 0.3 is 6.09 Å². The van der Waals surface area contributed by atoms with E-state index in [1.807, 2.05) is 40.2 Å². The lowest BCUT2D eigenvalue weighted by Gasteiger charge is -2.35. The van der Waals surface area contributed by atoms with Crippen LogP contribution in [0.5, 0.6) is 0 Å². The maximum absolute atomic E-state index is 12.2. The number of alkyl carbamates (subject to hydrolysis) is 1. The van der Waals surface area contributed by atoms with E-state index in [0.29, 0.717) is 19.7 Å². The molecule has 1 aliphatic heterocycles. The summed E-state index contributed by atoms with van der Waals surface area (Å²) in [6, 6.07) is -0.0863. The number of morpholine rings is 1. The van der Waals surface area contributed by atoms with Crippen LogP contribution in [0.2, 0.25) is 0 Å². The molecule has 2 atom stereocenters. The lowest BCUT2D eigenvalue weighted by Crippen LogP contribution is -2.53. The summed E-state index contributed by atoms with van der Waals surface area (Å²) in [5, 5.41) is 10.6. The molecule has 0 aromatic carbocycles. The van der Waals surface area contributed by atoms with Crippen molar-refractivity contribution < 1.29 is 14.3 Å². The number of carbonyl (C=O) groups excluding carboxylic acids is 1. The summed E-state index contributed by atoms with van der Waals surface area (Å²) in [7, 11) is 3.66. The number of aromatic nitrogens is 2. The van der Waals surface area contributed by atoms with Crippen LogP contribution in [0.4, 0.5) is 4.79 Å². The van der Waals surface area contributed by atoms with Crippen LogP contribution >= 0.6 is 0 Å². The second kappa shape index (κ2) is 9.96. The smallest absolute Gasteiger partial charge is 0.407 e. The number of hydrogen-bond donors (Lipinski definition) is 2. The molecule has 0 saturated carbocycles. The Morgan fingerprint density at radius 1 is 1.45 bits per heavy atom. The Hall–Kier alpha value is -2.29. The Morgan fingerprint density at radius 3 is 2.72 bits per heavy atom. The van der Waals surface area contributed by atoms with Gasteiger partial charge in [0.25, 0.3) is 0 Å². The second-order valence-corrected chi connectivity index (χ2v) is 8.68. The lowest BCUT2D eigenvalue weighted by molar-refractivity contribution is -0.00807. The van der Waals surface area contributed by atoms with E-state index < -0.39 is 11.7 Å². The van der Waals surface area contributed by atoms with E-state index in [-0.39, 0.29) is 18.1 Å². The molecule has 1 aromatic heterocycles. The first-order valence-corrected chi connectivity index (χ1v) is 10.1. The fourth-order valence-electron chi connectivity index (χ4n) is 3.10. The van der Waals surface area contributed by atoms with Crippen LogP contribution in [0.3, 0.4) is 0 Å². The quantitative estimate of drug-likeness (QED) is 0.571. The number of aliphatic imine (C=N–C) groups is 1. The average Bonchev–Trinajstić information content (AvgIpc) is 3.06. The minimum atomic E-state index is -0.524. The standard InChI is InChI=1S/C20H36N6O3/c1-14(2)16(24-19(27)29-20(3,4)5)11-22-18(21-6)26-8-9-28-17(13-26)15-10-23-25(7)12-15/h10,12,14,16-17H,8-9,11,13H2,1-7H3,(H,21,22)(H,24,27). The van der Waals surface area contributed by atoms with Crippen molar-refractivity contribution in [3.05, 3.63) is 18.0 Å². The van der Waals surface area contributed by atoms with Gasteiger partial charge in [0.05, 0.1) is 25.4 Å². The van der Waals surface area contributed by atoms with Crippen molar-refractivity contribution in [3.63, 3.8) is 0 Å². The molecule has 1 fully saturated rings. The molecule has 1 aromatic rings. The number of amides is 1. The van der Waals surface area contributed by atoms with Crippen molar-refractivity contribution in [1.82, 2.24) is 25.3 Å². The molecule has 164 valence electrons. The number of nitrogens with one attached hydrogen (secondary N) is 2.